The average molecular weight is 286 g/mol. The smallest absolute Gasteiger partial charge is 0.223 e. The fourth-order valence-electron chi connectivity index (χ4n) is 2.84. The average Bonchev–Trinajstić information content (AvgIpc) is 2.50. The van der Waals surface area contributed by atoms with Crippen LogP contribution in [0.1, 0.15) is 17.3 Å². The standard InChI is InChI=1S/C16H18N2O3/c19-11-14(12-4-2-1-3-5-12)18-7-6-17-10-16(21)15(20)8-13(17)9-18/h1-5,8,10,14,19,21H,6-7,9,11H2. The van der Waals surface area contributed by atoms with Gasteiger partial charge in [-0.15, -0.1) is 0 Å². The minimum absolute atomic E-state index is 0.0341. The molecule has 2 aromatic rings. The third-order valence-corrected chi connectivity index (χ3v) is 3.99. The lowest BCUT2D eigenvalue weighted by Crippen LogP contribution is -2.39. The number of fused-ring (bicyclic) bond motifs is 1. The fourth-order valence-corrected chi connectivity index (χ4v) is 2.84. The first-order chi connectivity index (χ1) is 10.2. The van der Waals surface area contributed by atoms with Gasteiger partial charge in [-0.25, -0.2) is 0 Å². The third-order valence-electron chi connectivity index (χ3n) is 3.99. The number of pyridine rings is 1. The van der Waals surface area contributed by atoms with Crippen LogP contribution >= 0.6 is 0 Å². The Morgan fingerprint density at radius 1 is 1.19 bits per heavy atom. The molecule has 2 heterocycles. The molecule has 1 aromatic heterocycles. The van der Waals surface area contributed by atoms with Crippen LogP contribution in [0, 0.1) is 0 Å². The second kappa shape index (κ2) is 5.71. The monoisotopic (exact) mass is 286 g/mol. The molecule has 1 aliphatic rings. The Morgan fingerprint density at radius 3 is 2.67 bits per heavy atom. The molecule has 0 saturated carbocycles. The quantitative estimate of drug-likeness (QED) is 0.887. The third kappa shape index (κ3) is 2.70. The van der Waals surface area contributed by atoms with Crippen molar-refractivity contribution in [2.45, 2.75) is 19.1 Å². The largest absolute Gasteiger partial charge is 0.503 e. The van der Waals surface area contributed by atoms with Crippen LogP contribution in [0.3, 0.4) is 0 Å². The lowest BCUT2D eigenvalue weighted by Gasteiger charge is -2.35. The molecule has 2 N–H and O–H groups in total. The maximum Gasteiger partial charge on any atom is 0.223 e. The minimum atomic E-state index is -0.358. The highest BCUT2D eigenvalue weighted by molar-refractivity contribution is 5.23. The number of rotatable bonds is 3. The van der Waals surface area contributed by atoms with Gasteiger partial charge in [-0.1, -0.05) is 30.3 Å². The van der Waals surface area contributed by atoms with Crippen LogP contribution in [0.15, 0.2) is 47.4 Å². The van der Waals surface area contributed by atoms with E-state index in [-0.39, 0.29) is 23.8 Å². The first kappa shape index (κ1) is 13.9. The number of aliphatic hydroxyl groups excluding tert-OH is 1. The Bertz CT molecular complexity index is 682. The predicted molar refractivity (Wildman–Crippen MR) is 79.0 cm³/mol. The van der Waals surface area contributed by atoms with Crippen molar-refractivity contribution >= 4 is 0 Å². The maximum atomic E-state index is 11.6. The predicted octanol–water partition coefficient (Wildman–Crippen LogP) is 1.10. The van der Waals surface area contributed by atoms with Crippen LogP contribution in [0.4, 0.5) is 0 Å². The summed E-state index contributed by atoms with van der Waals surface area (Å²) >= 11 is 0. The van der Waals surface area contributed by atoms with E-state index in [2.05, 4.69) is 4.90 Å². The van der Waals surface area contributed by atoms with E-state index in [9.17, 15) is 15.0 Å². The molecule has 3 rings (SSSR count). The molecule has 5 nitrogen and oxygen atoms in total. The molecule has 0 aliphatic carbocycles. The molecule has 1 atom stereocenters. The van der Waals surface area contributed by atoms with E-state index < -0.39 is 0 Å². The molecule has 0 saturated heterocycles. The summed E-state index contributed by atoms with van der Waals surface area (Å²) in [5, 5.41) is 19.2. The van der Waals surface area contributed by atoms with Crippen LogP contribution in [0.5, 0.6) is 5.75 Å². The van der Waals surface area contributed by atoms with Crippen LogP contribution in [0.25, 0.3) is 0 Å². The Hall–Kier alpha value is -2.11. The molecule has 110 valence electrons. The van der Waals surface area contributed by atoms with Crippen molar-refractivity contribution in [3.05, 3.63) is 64.1 Å². The molecule has 1 aliphatic heterocycles. The van der Waals surface area contributed by atoms with Crippen molar-refractivity contribution in [3.63, 3.8) is 0 Å². The van der Waals surface area contributed by atoms with Crippen LogP contribution in [-0.2, 0) is 13.1 Å². The number of aliphatic hydroxyl groups is 1. The zero-order chi connectivity index (χ0) is 14.8. The molecule has 0 amide bonds. The summed E-state index contributed by atoms with van der Waals surface area (Å²) in [7, 11) is 0. The lowest BCUT2D eigenvalue weighted by atomic mass is 10.0. The highest BCUT2D eigenvalue weighted by atomic mass is 16.3. The van der Waals surface area contributed by atoms with Gasteiger partial charge in [0, 0.05) is 31.4 Å². The molecule has 1 aromatic carbocycles. The van der Waals surface area contributed by atoms with E-state index in [4.69, 9.17) is 0 Å². The summed E-state index contributed by atoms with van der Waals surface area (Å²) in [5.74, 6) is -0.214. The van der Waals surface area contributed by atoms with E-state index in [0.29, 0.717) is 13.1 Å². The SMILES string of the molecule is O=c1cc2n(cc1O)CCN(C(CO)c1ccccc1)C2. The van der Waals surface area contributed by atoms with Crippen molar-refractivity contribution in [1.29, 1.82) is 0 Å². The van der Waals surface area contributed by atoms with Crippen molar-refractivity contribution in [2.24, 2.45) is 0 Å². The first-order valence-electron chi connectivity index (χ1n) is 7.01. The van der Waals surface area contributed by atoms with Crippen LogP contribution < -0.4 is 5.43 Å². The van der Waals surface area contributed by atoms with Crippen molar-refractivity contribution in [3.8, 4) is 5.75 Å². The summed E-state index contributed by atoms with van der Waals surface area (Å²) < 4.78 is 1.90. The van der Waals surface area contributed by atoms with E-state index >= 15 is 0 Å². The highest BCUT2D eigenvalue weighted by Crippen LogP contribution is 2.25. The van der Waals surface area contributed by atoms with Gasteiger partial charge in [0.25, 0.3) is 0 Å². The van der Waals surface area contributed by atoms with Gasteiger partial charge in [-0.2, -0.15) is 0 Å². The molecular weight excluding hydrogens is 268 g/mol. The Balaban J connectivity index is 1.88. The number of aromatic hydroxyl groups is 1. The van der Waals surface area contributed by atoms with Gasteiger partial charge in [-0.05, 0) is 5.56 Å². The van der Waals surface area contributed by atoms with E-state index in [0.717, 1.165) is 17.8 Å². The number of hydrogen-bond acceptors (Lipinski definition) is 4. The van der Waals surface area contributed by atoms with Gasteiger partial charge in [0.1, 0.15) is 0 Å². The molecule has 0 spiro atoms. The van der Waals surface area contributed by atoms with Gasteiger partial charge >= 0.3 is 0 Å². The van der Waals surface area contributed by atoms with Crippen molar-refractivity contribution < 1.29 is 10.2 Å². The fraction of sp³-hybridized carbons (Fsp3) is 0.312. The van der Waals surface area contributed by atoms with Gasteiger partial charge in [-0.3, -0.25) is 9.69 Å². The number of hydrogen-bond donors (Lipinski definition) is 2. The maximum absolute atomic E-state index is 11.6. The van der Waals surface area contributed by atoms with E-state index in [1.165, 1.54) is 12.3 Å². The summed E-state index contributed by atoms with van der Waals surface area (Å²) in [4.78, 5) is 13.7. The molecule has 0 radical (unpaired) electrons. The number of aromatic nitrogens is 1. The van der Waals surface area contributed by atoms with Gasteiger partial charge in [0.2, 0.25) is 5.43 Å². The Kier molecular flexibility index (Phi) is 3.77. The van der Waals surface area contributed by atoms with E-state index in [1.807, 2.05) is 34.9 Å². The lowest BCUT2D eigenvalue weighted by molar-refractivity contribution is 0.0972. The minimum Gasteiger partial charge on any atom is -0.503 e. The summed E-state index contributed by atoms with van der Waals surface area (Å²) in [6, 6.07) is 11.3. The highest BCUT2D eigenvalue weighted by Gasteiger charge is 2.24. The first-order valence-corrected chi connectivity index (χ1v) is 7.01. The Morgan fingerprint density at radius 2 is 1.95 bits per heavy atom. The Labute approximate surface area is 122 Å². The van der Waals surface area contributed by atoms with Crippen LogP contribution in [-0.4, -0.2) is 32.8 Å². The molecular formula is C16H18N2O3. The zero-order valence-corrected chi connectivity index (χ0v) is 11.6. The molecule has 0 fully saturated rings. The zero-order valence-electron chi connectivity index (χ0n) is 11.6. The molecule has 5 heteroatoms. The van der Waals surface area contributed by atoms with Gasteiger partial charge < -0.3 is 14.8 Å². The van der Waals surface area contributed by atoms with Gasteiger partial charge in [0.15, 0.2) is 5.75 Å². The topological polar surface area (TPSA) is 65.7 Å². The molecule has 0 bridgehead atoms. The second-order valence-electron chi connectivity index (χ2n) is 5.29. The molecule has 21 heavy (non-hydrogen) atoms. The van der Waals surface area contributed by atoms with Crippen molar-refractivity contribution in [1.82, 2.24) is 9.47 Å². The summed E-state index contributed by atoms with van der Waals surface area (Å²) in [6.45, 7) is 2.06. The van der Waals surface area contributed by atoms with Gasteiger partial charge in [0.05, 0.1) is 18.8 Å². The summed E-state index contributed by atoms with van der Waals surface area (Å²) in [6.07, 6.45) is 1.49. The van der Waals surface area contributed by atoms with Crippen LogP contribution in [0.2, 0.25) is 0 Å². The van der Waals surface area contributed by atoms with E-state index in [1.54, 1.807) is 0 Å². The van der Waals surface area contributed by atoms with Crippen molar-refractivity contribution in [2.75, 3.05) is 13.2 Å². The number of nitrogens with zero attached hydrogens (tertiary/aromatic N) is 2. The molecule has 1 unspecified atom stereocenters. The normalized spacial score (nSPS) is 16.4. The number of benzene rings is 1. The summed E-state index contributed by atoms with van der Waals surface area (Å²) in [5.41, 5.74) is 1.57. The second-order valence-corrected chi connectivity index (χ2v) is 5.29.